The Morgan fingerprint density at radius 2 is 2.06 bits per heavy atom. The highest BCUT2D eigenvalue weighted by Crippen LogP contribution is 2.21. The first-order valence-corrected chi connectivity index (χ1v) is 5.74. The molecule has 1 aromatic carbocycles. The van der Waals surface area contributed by atoms with Crippen LogP contribution in [0.2, 0.25) is 0 Å². The van der Waals surface area contributed by atoms with E-state index >= 15 is 0 Å². The van der Waals surface area contributed by atoms with E-state index in [2.05, 4.69) is 10.3 Å². The van der Waals surface area contributed by atoms with Crippen LogP contribution in [0, 0.1) is 11.2 Å². The summed E-state index contributed by atoms with van der Waals surface area (Å²) >= 11 is 0. The van der Waals surface area contributed by atoms with E-state index in [-0.39, 0.29) is 17.1 Å². The number of rotatable bonds is 1. The second kappa shape index (κ2) is 4.37. The Kier molecular flexibility index (Phi) is 3.03. The molecule has 0 saturated heterocycles. The number of nitrogens with one attached hydrogen (secondary N) is 1. The van der Waals surface area contributed by atoms with E-state index in [9.17, 15) is 9.18 Å². The van der Waals surface area contributed by atoms with Gasteiger partial charge in [-0.25, -0.2) is 9.38 Å². The predicted molar refractivity (Wildman–Crippen MR) is 69.4 cm³/mol. The van der Waals surface area contributed by atoms with Crippen molar-refractivity contribution >= 4 is 17.8 Å². The molecular weight excluding hydrogens is 231 g/mol. The summed E-state index contributed by atoms with van der Waals surface area (Å²) in [6.07, 6.45) is 1.58. The van der Waals surface area contributed by atoms with Gasteiger partial charge in [-0.3, -0.25) is 4.79 Å². The number of benzene rings is 1. The molecular formula is C14H15FN2O. The van der Waals surface area contributed by atoms with Gasteiger partial charge in [0, 0.05) is 5.41 Å². The van der Waals surface area contributed by atoms with Crippen LogP contribution < -0.4 is 5.32 Å². The van der Waals surface area contributed by atoms with E-state index in [0.29, 0.717) is 17.1 Å². The molecule has 1 aliphatic rings. The summed E-state index contributed by atoms with van der Waals surface area (Å²) in [5, 5.41) is 2.73. The molecule has 1 heterocycles. The molecule has 1 aromatic rings. The Morgan fingerprint density at radius 1 is 1.33 bits per heavy atom. The molecule has 0 radical (unpaired) electrons. The Morgan fingerprint density at radius 3 is 2.61 bits per heavy atom. The van der Waals surface area contributed by atoms with Crippen molar-refractivity contribution in [2.75, 3.05) is 0 Å². The summed E-state index contributed by atoms with van der Waals surface area (Å²) in [5.74, 6) is 0.0575. The molecule has 3 nitrogen and oxygen atoms in total. The van der Waals surface area contributed by atoms with Crippen LogP contribution in [0.3, 0.4) is 0 Å². The third-order valence-electron chi connectivity index (χ3n) is 2.56. The lowest BCUT2D eigenvalue weighted by atomic mass is 9.95. The van der Waals surface area contributed by atoms with Gasteiger partial charge in [-0.1, -0.05) is 32.9 Å². The molecule has 0 aromatic heterocycles. The number of aliphatic imine (C=N–C) groups is 1. The van der Waals surface area contributed by atoms with Crippen molar-refractivity contribution in [2.24, 2.45) is 10.4 Å². The lowest BCUT2D eigenvalue weighted by Gasteiger charge is -2.16. The highest BCUT2D eigenvalue weighted by atomic mass is 19.1. The molecule has 0 atom stereocenters. The van der Waals surface area contributed by atoms with Gasteiger partial charge in [0.25, 0.3) is 5.91 Å². The first-order chi connectivity index (χ1) is 8.36. The fourth-order valence-corrected chi connectivity index (χ4v) is 1.58. The largest absolute Gasteiger partial charge is 0.308 e. The van der Waals surface area contributed by atoms with Crippen molar-refractivity contribution in [2.45, 2.75) is 20.8 Å². The summed E-state index contributed by atoms with van der Waals surface area (Å²) in [4.78, 5) is 16.0. The first kappa shape index (κ1) is 12.5. The molecule has 18 heavy (non-hydrogen) atoms. The summed E-state index contributed by atoms with van der Waals surface area (Å²) in [7, 11) is 0. The summed E-state index contributed by atoms with van der Waals surface area (Å²) in [5.41, 5.74) is 0.720. The highest BCUT2D eigenvalue weighted by Gasteiger charge is 2.28. The molecule has 0 unspecified atom stereocenters. The summed E-state index contributed by atoms with van der Waals surface area (Å²) in [6.45, 7) is 5.91. The number of amides is 1. The van der Waals surface area contributed by atoms with E-state index < -0.39 is 0 Å². The maximum Gasteiger partial charge on any atom is 0.275 e. The zero-order valence-corrected chi connectivity index (χ0v) is 10.6. The quantitative estimate of drug-likeness (QED) is 0.760. The fraction of sp³-hybridized carbons (Fsp3) is 0.286. The van der Waals surface area contributed by atoms with Gasteiger partial charge in [0.15, 0.2) is 0 Å². The van der Waals surface area contributed by atoms with E-state index in [0.717, 1.165) is 0 Å². The van der Waals surface area contributed by atoms with Crippen LogP contribution >= 0.6 is 0 Å². The van der Waals surface area contributed by atoms with Gasteiger partial charge in [0.2, 0.25) is 0 Å². The van der Waals surface area contributed by atoms with Crippen molar-refractivity contribution in [3.8, 4) is 0 Å². The molecule has 0 bridgehead atoms. The summed E-state index contributed by atoms with van der Waals surface area (Å²) < 4.78 is 13.0. The number of carbonyl (C=O) groups is 1. The normalized spacial score (nSPS) is 17.9. The minimum Gasteiger partial charge on any atom is -0.308 e. The lowest BCUT2D eigenvalue weighted by Crippen LogP contribution is -2.34. The number of amidine groups is 1. The van der Waals surface area contributed by atoms with Gasteiger partial charge in [0.05, 0.1) is 0 Å². The Bertz CT molecular complexity index is 553. The van der Waals surface area contributed by atoms with Gasteiger partial charge in [0.1, 0.15) is 17.3 Å². The first-order valence-electron chi connectivity index (χ1n) is 5.74. The maximum absolute atomic E-state index is 13.0. The minimum absolute atomic E-state index is 0.215. The molecule has 0 saturated carbocycles. The fourth-order valence-electron chi connectivity index (χ4n) is 1.58. The van der Waals surface area contributed by atoms with E-state index in [4.69, 9.17) is 0 Å². The maximum atomic E-state index is 13.0. The average molecular weight is 246 g/mol. The van der Waals surface area contributed by atoms with E-state index in [1.165, 1.54) is 12.1 Å². The molecule has 4 heteroatoms. The highest BCUT2D eigenvalue weighted by molar-refractivity contribution is 6.15. The number of halogens is 1. The SMILES string of the molecule is CC(C)(C)C1=N/C(=C/c2cccc(F)c2)C(=O)N1. The second-order valence-corrected chi connectivity index (χ2v) is 5.25. The van der Waals surface area contributed by atoms with Crippen molar-refractivity contribution in [3.63, 3.8) is 0 Å². The third-order valence-corrected chi connectivity index (χ3v) is 2.56. The van der Waals surface area contributed by atoms with Crippen molar-refractivity contribution in [1.82, 2.24) is 5.32 Å². The Labute approximate surface area is 105 Å². The average Bonchev–Trinajstić information content (AvgIpc) is 2.60. The van der Waals surface area contributed by atoms with Crippen molar-refractivity contribution in [3.05, 3.63) is 41.3 Å². The monoisotopic (exact) mass is 246 g/mol. The van der Waals surface area contributed by atoms with Gasteiger partial charge in [-0.2, -0.15) is 0 Å². The van der Waals surface area contributed by atoms with Crippen LogP contribution in [0.5, 0.6) is 0 Å². The molecule has 1 amide bonds. The van der Waals surface area contributed by atoms with Gasteiger partial charge < -0.3 is 5.32 Å². The second-order valence-electron chi connectivity index (χ2n) is 5.25. The molecule has 1 aliphatic heterocycles. The molecule has 0 fully saturated rings. The van der Waals surface area contributed by atoms with Crippen LogP contribution in [0.15, 0.2) is 35.0 Å². The number of nitrogens with zero attached hydrogens (tertiary/aromatic N) is 1. The van der Waals surface area contributed by atoms with Crippen molar-refractivity contribution in [1.29, 1.82) is 0 Å². The number of carbonyl (C=O) groups excluding carboxylic acids is 1. The van der Waals surface area contributed by atoms with Crippen LogP contribution in [0.4, 0.5) is 4.39 Å². The number of hydrogen-bond acceptors (Lipinski definition) is 2. The Hall–Kier alpha value is -1.97. The summed E-state index contributed by atoms with van der Waals surface area (Å²) in [6, 6.07) is 6.06. The van der Waals surface area contributed by atoms with E-state index in [1.54, 1.807) is 18.2 Å². The van der Waals surface area contributed by atoms with Gasteiger partial charge in [-0.05, 0) is 23.8 Å². The zero-order valence-electron chi connectivity index (χ0n) is 10.6. The molecule has 94 valence electrons. The molecule has 2 rings (SSSR count). The van der Waals surface area contributed by atoms with Gasteiger partial charge >= 0.3 is 0 Å². The van der Waals surface area contributed by atoms with Crippen LogP contribution in [0.25, 0.3) is 6.08 Å². The smallest absolute Gasteiger partial charge is 0.275 e. The lowest BCUT2D eigenvalue weighted by molar-refractivity contribution is -0.115. The minimum atomic E-state index is -0.331. The molecule has 1 N–H and O–H groups in total. The van der Waals surface area contributed by atoms with Crippen LogP contribution in [0.1, 0.15) is 26.3 Å². The standard InChI is InChI=1S/C14H15FN2O/c1-14(2,3)13-16-11(12(18)17-13)8-9-5-4-6-10(15)7-9/h4-8H,1-3H3,(H,16,17,18)/b11-8+. The van der Waals surface area contributed by atoms with Gasteiger partial charge in [-0.15, -0.1) is 0 Å². The van der Waals surface area contributed by atoms with E-state index in [1.807, 2.05) is 20.8 Å². The van der Waals surface area contributed by atoms with Crippen LogP contribution in [-0.2, 0) is 4.79 Å². The zero-order chi connectivity index (χ0) is 13.3. The van der Waals surface area contributed by atoms with Crippen molar-refractivity contribution < 1.29 is 9.18 Å². The Balaban J connectivity index is 2.34. The third kappa shape index (κ3) is 2.64. The molecule has 0 aliphatic carbocycles. The number of hydrogen-bond donors (Lipinski definition) is 1. The topological polar surface area (TPSA) is 41.5 Å². The molecule has 0 spiro atoms. The predicted octanol–water partition coefficient (Wildman–Crippen LogP) is 2.74. The van der Waals surface area contributed by atoms with Crippen LogP contribution in [-0.4, -0.2) is 11.7 Å².